The summed E-state index contributed by atoms with van der Waals surface area (Å²) < 4.78 is 27.2. The largest absolute Gasteiger partial charge is 0.350 e. The Morgan fingerprint density at radius 1 is 1.17 bits per heavy atom. The van der Waals surface area contributed by atoms with Crippen LogP contribution in [-0.2, 0) is 14.8 Å². The van der Waals surface area contributed by atoms with Gasteiger partial charge in [0.2, 0.25) is 5.91 Å². The Morgan fingerprint density at radius 3 is 2.62 bits per heavy atom. The van der Waals surface area contributed by atoms with Crippen molar-refractivity contribution < 1.29 is 18.0 Å². The molecule has 0 aliphatic carbocycles. The van der Waals surface area contributed by atoms with E-state index < -0.39 is 15.9 Å². The summed E-state index contributed by atoms with van der Waals surface area (Å²) in [6.07, 6.45) is 1.21. The average molecular weight is 436 g/mol. The third-order valence-corrected chi connectivity index (χ3v) is 7.93. The summed E-state index contributed by atoms with van der Waals surface area (Å²) in [6.45, 7) is 4.26. The van der Waals surface area contributed by atoms with Crippen molar-refractivity contribution in [1.29, 1.82) is 0 Å². The number of piperidine rings is 1. The van der Waals surface area contributed by atoms with Gasteiger partial charge in [0, 0.05) is 19.1 Å². The smallest absolute Gasteiger partial charge is 0.253 e. The Morgan fingerprint density at radius 2 is 1.93 bits per heavy atom. The van der Waals surface area contributed by atoms with Crippen LogP contribution in [0, 0.1) is 5.92 Å². The molecule has 2 aromatic rings. The van der Waals surface area contributed by atoms with E-state index in [1.165, 1.54) is 15.6 Å². The maximum atomic E-state index is 12.9. The fourth-order valence-electron chi connectivity index (χ4n) is 3.28. The average Bonchev–Trinajstić information content (AvgIpc) is 3.23. The van der Waals surface area contributed by atoms with E-state index in [1.807, 2.05) is 13.8 Å². The van der Waals surface area contributed by atoms with E-state index in [0.717, 1.165) is 0 Å². The molecule has 1 aromatic carbocycles. The Hall–Kier alpha value is -2.23. The van der Waals surface area contributed by atoms with Crippen molar-refractivity contribution in [1.82, 2.24) is 9.62 Å². The van der Waals surface area contributed by atoms with Crippen LogP contribution < -0.4 is 10.6 Å². The van der Waals surface area contributed by atoms with Gasteiger partial charge in [0.05, 0.1) is 17.2 Å². The summed E-state index contributed by atoms with van der Waals surface area (Å²) in [5, 5.41) is 7.36. The zero-order chi connectivity index (χ0) is 21.0. The van der Waals surface area contributed by atoms with Crippen LogP contribution in [-0.4, -0.2) is 43.7 Å². The molecule has 1 aliphatic heterocycles. The molecule has 2 heterocycles. The van der Waals surface area contributed by atoms with Crippen molar-refractivity contribution in [2.75, 3.05) is 18.4 Å². The second kappa shape index (κ2) is 9.06. The number of hydrogen-bond acceptors (Lipinski definition) is 5. The van der Waals surface area contributed by atoms with E-state index in [1.54, 1.807) is 41.8 Å². The molecule has 156 valence electrons. The third-order valence-electron chi connectivity index (χ3n) is 4.69. The highest BCUT2D eigenvalue weighted by Crippen LogP contribution is 2.27. The highest BCUT2D eigenvalue weighted by Gasteiger charge is 2.34. The van der Waals surface area contributed by atoms with Crippen LogP contribution >= 0.6 is 11.3 Å². The van der Waals surface area contributed by atoms with E-state index in [2.05, 4.69) is 10.6 Å². The Bertz CT molecular complexity index is 971. The minimum absolute atomic E-state index is 0.0272. The van der Waals surface area contributed by atoms with Crippen LogP contribution in [0.3, 0.4) is 0 Å². The molecule has 1 aromatic heterocycles. The van der Waals surface area contributed by atoms with E-state index in [-0.39, 0.29) is 28.6 Å². The molecule has 0 saturated carbocycles. The van der Waals surface area contributed by atoms with Gasteiger partial charge in [0.25, 0.3) is 15.9 Å². The van der Waals surface area contributed by atoms with Crippen molar-refractivity contribution in [3.05, 3.63) is 47.3 Å². The third kappa shape index (κ3) is 5.04. The van der Waals surface area contributed by atoms with E-state index >= 15 is 0 Å². The summed E-state index contributed by atoms with van der Waals surface area (Å²) in [5.41, 5.74) is 0.808. The van der Waals surface area contributed by atoms with Gasteiger partial charge in [-0.2, -0.15) is 4.31 Å². The molecule has 2 N–H and O–H groups in total. The molecular formula is C20H25N3O4S2. The lowest BCUT2D eigenvalue weighted by atomic mass is 9.98. The maximum absolute atomic E-state index is 12.9. The quantitative estimate of drug-likeness (QED) is 0.729. The van der Waals surface area contributed by atoms with Crippen molar-refractivity contribution in [2.45, 2.75) is 36.9 Å². The predicted molar refractivity (Wildman–Crippen MR) is 113 cm³/mol. The van der Waals surface area contributed by atoms with E-state index in [4.69, 9.17) is 0 Å². The van der Waals surface area contributed by atoms with Crippen molar-refractivity contribution in [3.63, 3.8) is 0 Å². The van der Waals surface area contributed by atoms with Crippen LogP contribution in [0.15, 0.2) is 46.0 Å². The van der Waals surface area contributed by atoms with Crippen molar-refractivity contribution in [2.24, 2.45) is 5.92 Å². The number of nitrogens with one attached hydrogen (secondary N) is 2. The highest BCUT2D eigenvalue weighted by molar-refractivity contribution is 7.91. The van der Waals surface area contributed by atoms with Gasteiger partial charge in [0.15, 0.2) is 0 Å². The number of nitrogens with zero attached hydrogens (tertiary/aromatic N) is 1. The van der Waals surface area contributed by atoms with Crippen LogP contribution in [0.1, 0.15) is 37.0 Å². The molecule has 1 saturated heterocycles. The number of carbonyl (C=O) groups is 2. The topological polar surface area (TPSA) is 95.6 Å². The first-order chi connectivity index (χ1) is 13.8. The fraction of sp³-hybridized carbons (Fsp3) is 0.400. The normalized spacial score (nSPS) is 17.8. The van der Waals surface area contributed by atoms with Crippen molar-refractivity contribution >= 4 is 38.9 Å². The van der Waals surface area contributed by atoms with Gasteiger partial charge in [-0.15, -0.1) is 11.3 Å². The van der Waals surface area contributed by atoms with E-state index in [0.29, 0.717) is 30.6 Å². The fourth-order valence-corrected chi connectivity index (χ4v) is 5.95. The Balaban J connectivity index is 1.73. The molecule has 2 amide bonds. The summed E-state index contributed by atoms with van der Waals surface area (Å²) in [4.78, 5) is 25.3. The van der Waals surface area contributed by atoms with Gasteiger partial charge in [-0.05, 0) is 50.3 Å². The second-order valence-corrected chi connectivity index (χ2v) is 10.4. The molecule has 7 nitrogen and oxygen atoms in total. The summed E-state index contributed by atoms with van der Waals surface area (Å²) >= 11 is 1.17. The molecule has 0 spiro atoms. The molecule has 0 unspecified atom stereocenters. The summed E-state index contributed by atoms with van der Waals surface area (Å²) in [6, 6.07) is 10.1. The Kier molecular flexibility index (Phi) is 6.71. The zero-order valence-electron chi connectivity index (χ0n) is 16.4. The monoisotopic (exact) mass is 435 g/mol. The number of hydrogen-bond donors (Lipinski definition) is 2. The minimum atomic E-state index is -3.59. The molecule has 0 bridgehead atoms. The van der Waals surface area contributed by atoms with Gasteiger partial charge in [0.1, 0.15) is 4.21 Å². The molecule has 1 aliphatic rings. The number of amides is 2. The molecule has 1 fully saturated rings. The van der Waals surface area contributed by atoms with Crippen LogP contribution in [0.2, 0.25) is 0 Å². The number of sulfonamides is 1. The number of carbonyl (C=O) groups excluding carboxylic acids is 2. The number of benzene rings is 1. The molecule has 1 atom stereocenters. The number of thiophene rings is 1. The highest BCUT2D eigenvalue weighted by atomic mass is 32.2. The van der Waals surface area contributed by atoms with Gasteiger partial charge >= 0.3 is 0 Å². The lowest BCUT2D eigenvalue weighted by Crippen LogP contribution is -2.43. The first-order valence-electron chi connectivity index (χ1n) is 9.53. The van der Waals surface area contributed by atoms with Gasteiger partial charge in [-0.25, -0.2) is 8.42 Å². The van der Waals surface area contributed by atoms with Crippen LogP contribution in [0.5, 0.6) is 0 Å². The first kappa shape index (κ1) is 21.5. The molecule has 3 rings (SSSR count). The first-order valence-corrected chi connectivity index (χ1v) is 11.9. The lowest BCUT2D eigenvalue weighted by molar-refractivity contribution is -0.120. The predicted octanol–water partition coefficient (Wildman–Crippen LogP) is 2.93. The van der Waals surface area contributed by atoms with Crippen LogP contribution in [0.25, 0.3) is 0 Å². The van der Waals surface area contributed by atoms with Gasteiger partial charge in [-0.1, -0.05) is 18.2 Å². The number of rotatable bonds is 6. The van der Waals surface area contributed by atoms with Gasteiger partial charge in [-0.3, -0.25) is 9.59 Å². The summed E-state index contributed by atoms with van der Waals surface area (Å²) in [7, 11) is -3.59. The molecule has 9 heteroatoms. The second-order valence-electron chi connectivity index (χ2n) is 7.30. The SMILES string of the molecule is CC(C)NC(=O)c1ccccc1NC(=O)[C@H]1CCCN(S(=O)(=O)c2cccs2)C1. The maximum Gasteiger partial charge on any atom is 0.253 e. The Labute approximate surface area is 175 Å². The molecular weight excluding hydrogens is 410 g/mol. The van der Waals surface area contributed by atoms with Crippen LogP contribution in [0.4, 0.5) is 5.69 Å². The molecule has 0 radical (unpaired) electrons. The van der Waals surface area contributed by atoms with E-state index in [9.17, 15) is 18.0 Å². The number of anilines is 1. The lowest BCUT2D eigenvalue weighted by Gasteiger charge is -2.31. The number of para-hydroxylation sites is 1. The van der Waals surface area contributed by atoms with Crippen molar-refractivity contribution in [3.8, 4) is 0 Å². The summed E-state index contributed by atoms with van der Waals surface area (Å²) in [5.74, 6) is -1.01. The van der Waals surface area contributed by atoms with Gasteiger partial charge < -0.3 is 10.6 Å². The molecule has 29 heavy (non-hydrogen) atoms. The minimum Gasteiger partial charge on any atom is -0.350 e. The zero-order valence-corrected chi connectivity index (χ0v) is 18.1. The standard InChI is InChI=1S/C20H25N3O4S2/c1-14(2)21-20(25)16-8-3-4-9-17(16)22-19(24)15-7-5-11-23(13-15)29(26,27)18-10-6-12-28-18/h3-4,6,8-10,12,14-15H,5,7,11,13H2,1-2H3,(H,21,25)(H,22,24)/t15-/m0/s1.